The number of carbonyl (C=O) groups excluding carboxylic acids is 1. The highest BCUT2D eigenvalue weighted by Gasteiger charge is 2.29. The standard InChI is InChI=1S/C21H20N2O3S/c24-21(11-15-9-10-27(25,26)14-15)23-22-13-20-18-7-3-1-5-16(18)12-17-6-2-4-8-19(17)20/h1-8,12-13,15H,9-11,14H2,(H,23,24)/b22-13-/t15-/m0/s1. The lowest BCUT2D eigenvalue weighted by molar-refractivity contribution is -0.121. The van der Waals surface area contributed by atoms with E-state index in [1.54, 1.807) is 6.21 Å². The predicted octanol–water partition coefficient (Wildman–Crippen LogP) is 3.27. The van der Waals surface area contributed by atoms with Gasteiger partial charge in [0.2, 0.25) is 5.91 Å². The molecule has 27 heavy (non-hydrogen) atoms. The molecular formula is C21H20N2O3S. The van der Waals surface area contributed by atoms with Gasteiger partial charge in [0.1, 0.15) is 0 Å². The fourth-order valence-electron chi connectivity index (χ4n) is 3.70. The number of hydrogen-bond acceptors (Lipinski definition) is 4. The summed E-state index contributed by atoms with van der Waals surface area (Å²) >= 11 is 0. The molecule has 1 fully saturated rings. The smallest absolute Gasteiger partial charge is 0.240 e. The molecule has 0 aliphatic carbocycles. The maximum Gasteiger partial charge on any atom is 0.240 e. The quantitative estimate of drug-likeness (QED) is 0.429. The number of nitrogens with zero attached hydrogens (tertiary/aromatic N) is 1. The lowest BCUT2D eigenvalue weighted by atomic mass is 9.97. The first-order valence-electron chi connectivity index (χ1n) is 8.95. The summed E-state index contributed by atoms with van der Waals surface area (Å²) in [6.45, 7) is 0. The van der Waals surface area contributed by atoms with E-state index >= 15 is 0 Å². The van der Waals surface area contributed by atoms with Crippen molar-refractivity contribution in [2.24, 2.45) is 11.0 Å². The molecule has 0 aromatic heterocycles. The van der Waals surface area contributed by atoms with Gasteiger partial charge in [-0.25, -0.2) is 13.8 Å². The van der Waals surface area contributed by atoms with Gasteiger partial charge in [0, 0.05) is 12.0 Å². The summed E-state index contributed by atoms with van der Waals surface area (Å²) in [4.78, 5) is 12.1. The van der Waals surface area contributed by atoms with E-state index < -0.39 is 9.84 Å². The molecule has 1 saturated heterocycles. The molecule has 0 unspecified atom stereocenters. The SMILES string of the molecule is O=C(C[C@@H]1CCS(=O)(=O)C1)N/N=C\c1c2ccccc2cc2ccccc12. The van der Waals surface area contributed by atoms with Crippen molar-refractivity contribution in [3.63, 3.8) is 0 Å². The van der Waals surface area contributed by atoms with E-state index in [9.17, 15) is 13.2 Å². The fraction of sp³-hybridized carbons (Fsp3) is 0.238. The van der Waals surface area contributed by atoms with E-state index in [-0.39, 0.29) is 29.8 Å². The maximum absolute atomic E-state index is 12.1. The molecule has 4 rings (SSSR count). The van der Waals surface area contributed by atoms with Gasteiger partial charge in [0.25, 0.3) is 0 Å². The van der Waals surface area contributed by atoms with E-state index in [1.165, 1.54) is 0 Å². The van der Waals surface area contributed by atoms with Crippen LogP contribution in [0.15, 0.2) is 59.7 Å². The first kappa shape index (κ1) is 17.7. The van der Waals surface area contributed by atoms with Crippen molar-refractivity contribution in [3.8, 4) is 0 Å². The molecule has 1 atom stereocenters. The van der Waals surface area contributed by atoms with Crippen molar-refractivity contribution in [2.75, 3.05) is 11.5 Å². The van der Waals surface area contributed by atoms with Gasteiger partial charge in [0.15, 0.2) is 9.84 Å². The first-order valence-corrected chi connectivity index (χ1v) is 10.8. The minimum Gasteiger partial charge on any atom is -0.273 e. The average Bonchev–Trinajstić information content (AvgIpc) is 2.99. The lowest BCUT2D eigenvalue weighted by Gasteiger charge is -2.08. The lowest BCUT2D eigenvalue weighted by Crippen LogP contribution is -2.21. The zero-order chi connectivity index (χ0) is 18.9. The Kier molecular flexibility index (Phi) is 4.66. The van der Waals surface area contributed by atoms with Crippen molar-refractivity contribution in [1.29, 1.82) is 0 Å². The number of hydrogen-bond donors (Lipinski definition) is 1. The Hall–Kier alpha value is -2.73. The minimum atomic E-state index is -2.97. The van der Waals surface area contributed by atoms with Crippen molar-refractivity contribution >= 4 is 43.5 Å². The molecule has 6 heteroatoms. The molecule has 1 heterocycles. The van der Waals surface area contributed by atoms with Crippen LogP contribution in [0.3, 0.4) is 0 Å². The van der Waals surface area contributed by atoms with Gasteiger partial charge in [-0.05, 0) is 39.9 Å². The molecule has 0 bridgehead atoms. The van der Waals surface area contributed by atoms with Crippen LogP contribution >= 0.6 is 0 Å². The van der Waals surface area contributed by atoms with Crippen LogP contribution in [-0.4, -0.2) is 32.0 Å². The Bertz CT molecular complexity index is 1100. The van der Waals surface area contributed by atoms with Crippen molar-refractivity contribution in [3.05, 3.63) is 60.2 Å². The molecule has 1 aliphatic heterocycles. The van der Waals surface area contributed by atoms with Crippen LogP contribution in [0.4, 0.5) is 0 Å². The summed E-state index contributed by atoms with van der Waals surface area (Å²) in [6, 6.07) is 18.3. The second kappa shape index (κ2) is 7.12. The highest BCUT2D eigenvalue weighted by Crippen LogP contribution is 2.27. The fourth-order valence-corrected chi connectivity index (χ4v) is 5.56. The molecule has 3 aromatic rings. The van der Waals surface area contributed by atoms with Gasteiger partial charge in [0.05, 0.1) is 17.7 Å². The molecule has 0 radical (unpaired) electrons. The Morgan fingerprint density at radius 1 is 1.07 bits per heavy atom. The molecule has 3 aromatic carbocycles. The summed E-state index contributed by atoms with van der Waals surface area (Å²) in [6.07, 6.45) is 2.41. The van der Waals surface area contributed by atoms with Crippen molar-refractivity contribution < 1.29 is 13.2 Å². The second-order valence-corrected chi connectivity index (χ2v) is 9.23. The number of benzene rings is 3. The van der Waals surface area contributed by atoms with Gasteiger partial charge in [-0.1, -0.05) is 48.5 Å². The number of nitrogens with one attached hydrogen (secondary N) is 1. The molecule has 1 amide bonds. The molecular weight excluding hydrogens is 360 g/mol. The van der Waals surface area contributed by atoms with Crippen LogP contribution in [0.5, 0.6) is 0 Å². The molecule has 0 saturated carbocycles. The Labute approximate surface area is 158 Å². The maximum atomic E-state index is 12.1. The van der Waals surface area contributed by atoms with Crippen molar-refractivity contribution in [1.82, 2.24) is 5.43 Å². The molecule has 1 aliphatic rings. The van der Waals surface area contributed by atoms with E-state index in [4.69, 9.17) is 0 Å². The van der Waals surface area contributed by atoms with Crippen LogP contribution < -0.4 is 5.43 Å². The van der Waals surface area contributed by atoms with E-state index in [0.717, 1.165) is 27.1 Å². The van der Waals surface area contributed by atoms with Crippen LogP contribution in [-0.2, 0) is 14.6 Å². The number of hydrazone groups is 1. The van der Waals surface area contributed by atoms with Crippen LogP contribution in [0.2, 0.25) is 0 Å². The number of sulfone groups is 1. The number of rotatable bonds is 4. The highest BCUT2D eigenvalue weighted by molar-refractivity contribution is 7.91. The summed E-state index contributed by atoms with van der Waals surface area (Å²) in [5.41, 5.74) is 3.50. The monoisotopic (exact) mass is 380 g/mol. The number of fused-ring (bicyclic) bond motifs is 2. The highest BCUT2D eigenvalue weighted by atomic mass is 32.2. The third-order valence-corrected chi connectivity index (χ3v) is 6.83. The van der Waals surface area contributed by atoms with Gasteiger partial charge >= 0.3 is 0 Å². The molecule has 1 N–H and O–H groups in total. The second-order valence-electron chi connectivity index (χ2n) is 7.00. The third-order valence-electron chi connectivity index (χ3n) is 5.00. The van der Waals surface area contributed by atoms with Gasteiger partial charge in [-0.15, -0.1) is 0 Å². The zero-order valence-corrected chi connectivity index (χ0v) is 15.6. The number of amides is 1. The zero-order valence-electron chi connectivity index (χ0n) is 14.8. The Morgan fingerprint density at radius 3 is 2.30 bits per heavy atom. The molecule has 5 nitrogen and oxygen atoms in total. The van der Waals surface area contributed by atoms with E-state index in [0.29, 0.717) is 6.42 Å². The van der Waals surface area contributed by atoms with Gasteiger partial charge < -0.3 is 0 Å². The van der Waals surface area contributed by atoms with Crippen molar-refractivity contribution in [2.45, 2.75) is 12.8 Å². The van der Waals surface area contributed by atoms with Gasteiger partial charge in [-0.3, -0.25) is 4.79 Å². The van der Waals surface area contributed by atoms with Gasteiger partial charge in [-0.2, -0.15) is 5.10 Å². The summed E-state index contributed by atoms with van der Waals surface area (Å²) in [7, 11) is -2.97. The van der Waals surface area contributed by atoms with E-state index in [1.807, 2.05) is 36.4 Å². The molecule has 138 valence electrons. The van der Waals surface area contributed by atoms with Crippen LogP contribution in [0.25, 0.3) is 21.5 Å². The summed E-state index contributed by atoms with van der Waals surface area (Å²) < 4.78 is 23.0. The Balaban J connectivity index is 1.56. The summed E-state index contributed by atoms with van der Waals surface area (Å²) in [5.74, 6) is -0.0876. The Morgan fingerprint density at radius 2 is 1.70 bits per heavy atom. The van der Waals surface area contributed by atoms with Crippen LogP contribution in [0.1, 0.15) is 18.4 Å². The number of carbonyl (C=O) groups is 1. The predicted molar refractivity (Wildman–Crippen MR) is 109 cm³/mol. The normalized spacial score (nSPS) is 19.0. The third kappa shape index (κ3) is 3.85. The topological polar surface area (TPSA) is 75.6 Å². The van der Waals surface area contributed by atoms with E-state index in [2.05, 4.69) is 28.7 Å². The minimum absolute atomic E-state index is 0.0953. The largest absolute Gasteiger partial charge is 0.273 e. The average molecular weight is 380 g/mol. The van der Waals surface area contributed by atoms with Crippen LogP contribution in [0, 0.1) is 5.92 Å². The molecule has 0 spiro atoms. The first-order chi connectivity index (χ1) is 13.0. The summed E-state index contributed by atoms with van der Waals surface area (Å²) in [5, 5.41) is 8.50.